The second-order valence-corrected chi connectivity index (χ2v) is 16.4. The van der Waals surface area contributed by atoms with Crippen LogP contribution in [0.4, 0.5) is 5.69 Å². The van der Waals surface area contributed by atoms with E-state index in [1.807, 2.05) is 0 Å². The van der Waals surface area contributed by atoms with Crippen molar-refractivity contribution in [3.63, 3.8) is 0 Å². The van der Waals surface area contributed by atoms with Crippen molar-refractivity contribution in [2.75, 3.05) is 12.3 Å². The van der Waals surface area contributed by atoms with E-state index in [-0.39, 0.29) is 0 Å². The Morgan fingerprint density at radius 3 is 2.56 bits per heavy atom. The second-order valence-electron chi connectivity index (χ2n) is 3.20. The fraction of sp³-hybridized carbons (Fsp3) is 0.300. The van der Waals surface area contributed by atoms with Gasteiger partial charge in [0.05, 0.1) is 17.2 Å². The van der Waals surface area contributed by atoms with Gasteiger partial charge in [0.2, 0.25) is 0 Å². The fourth-order valence-corrected chi connectivity index (χ4v) is 0.834. The third-order valence-corrected chi connectivity index (χ3v) is 1.46. The maximum absolute atomic E-state index is 5.62. The average Bonchev–Trinajstić information content (AvgIpc) is 2.18. The molecule has 0 atom stereocenters. The van der Waals surface area contributed by atoms with Crippen LogP contribution in [-0.2, 0) is 0 Å². The van der Waals surface area contributed by atoms with Gasteiger partial charge in [0.25, 0.3) is 0 Å². The molecule has 4 N–H and O–H groups in total. The lowest BCUT2D eigenvalue weighted by Crippen LogP contribution is -2.11. The largest absolute Gasteiger partial charge is 0.397 e. The molecule has 0 unspecified atom stereocenters. The minimum Gasteiger partial charge on any atom is -0.397 e. The highest BCUT2D eigenvalue weighted by Crippen LogP contribution is 2.33. The number of nitrogens with two attached hydrogens (primary N) is 2. The third kappa shape index (κ3) is 13.1. The van der Waals surface area contributed by atoms with Gasteiger partial charge >= 0.3 is 0 Å². The number of hydrogen-bond donors (Lipinski definition) is 2. The minimum atomic E-state index is 0.325. The van der Waals surface area contributed by atoms with E-state index in [0.717, 1.165) is 0 Å². The number of anilines is 1. The van der Waals surface area contributed by atoms with E-state index in [0.29, 0.717) is 22.3 Å². The molecule has 1 heterocycles. The molecule has 0 saturated heterocycles. The highest BCUT2D eigenvalue weighted by Gasteiger charge is 2.04. The molecule has 0 aliphatic rings. The van der Waals surface area contributed by atoms with Gasteiger partial charge in [-0.3, -0.25) is 9.98 Å². The molecule has 1 aromatic heterocycles. The Morgan fingerprint density at radius 2 is 2.11 bits per heavy atom. The molecule has 4 nitrogen and oxygen atoms in total. The van der Waals surface area contributed by atoms with E-state index < -0.39 is 0 Å². The van der Waals surface area contributed by atoms with Crippen LogP contribution in [-0.4, -0.2) is 22.2 Å². The molecule has 8 heteroatoms. The van der Waals surface area contributed by atoms with Crippen molar-refractivity contribution in [1.29, 1.82) is 0 Å². The Kier molecular flexibility index (Phi) is 9.95. The maximum Gasteiger partial charge on any atom is 0.121 e. The number of hydrogen-bond acceptors (Lipinski definition) is 4. The Morgan fingerprint density at radius 1 is 1.56 bits per heavy atom. The number of alkyl halides is 3. The van der Waals surface area contributed by atoms with Crippen LogP contribution >= 0.6 is 80.0 Å². The van der Waals surface area contributed by atoms with Gasteiger partial charge in [-0.1, -0.05) is 80.0 Å². The molecule has 0 amide bonds. The van der Waals surface area contributed by atoms with Crippen LogP contribution in [0.5, 0.6) is 0 Å². The zero-order valence-electron chi connectivity index (χ0n) is 9.61. The van der Waals surface area contributed by atoms with Gasteiger partial charge in [-0.25, -0.2) is 0 Å². The summed E-state index contributed by atoms with van der Waals surface area (Å²) in [6.07, 6.45) is 3.22. The summed E-state index contributed by atoms with van der Waals surface area (Å²) >= 11 is 11.7. The van der Waals surface area contributed by atoms with Crippen LogP contribution in [0.25, 0.3) is 0 Å². The van der Waals surface area contributed by atoms with Gasteiger partial charge in [0.1, 0.15) is 5.13 Å². The van der Waals surface area contributed by atoms with Gasteiger partial charge in [-0.15, -0.1) is 0 Å². The second kappa shape index (κ2) is 9.58. The van der Waals surface area contributed by atoms with Crippen LogP contribution in [0.15, 0.2) is 23.3 Å². The zero-order valence-corrected chi connectivity index (χ0v) is 16.9. The van der Waals surface area contributed by atoms with Crippen molar-refractivity contribution in [2.24, 2.45) is 10.7 Å². The number of halogens is 3. The normalized spacial score (nSPS) is 10.9. The number of pyridine rings is 1. The molecule has 1 aromatic rings. The highest BCUT2D eigenvalue weighted by molar-refractivity contribution is 14.3. The van der Waals surface area contributed by atoms with E-state index in [4.69, 9.17) is 11.5 Å². The summed E-state index contributed by atoms with van der Waals surface area (Å²) in [7, 11) is 0. The number of aliphatic imine (C=N–C) groups is 1. The predicted octanol–water partition coefficient (Wildman–Crippen LogP) is 3.33. The summed E-state index contributed by atoms with van der Waals surface area (Å²) in [5, 5.41) is 0. The summed E-state index contributed by atoms with van der Waals surface area (Å²) in [5.41, 5.74) is 12.1. The van der Waals surface area contributed by atoms with Crippen LogP contribution < -0.4 is 11.5 Å². The van der Waals surface area contributed by atoms with Crippen LogP contribution in [0, 0.1) is 0 Å². The Labute approximate surface area is 153 Å². The zero-order chi connectivity index (χ0) is 14.2. The quantitative estimate of drug-likeness (QED) is 0.241. The van der Waals surface area contributed by atoms with Crippen LogP contribution in [0.3, 0.4) is 0 Å². The van der Waals surface area contributed by atoms with Crippen molar-refractivity contribution in [1.82, 2.24) is 4.98 Å². The Bertz CT molecular complexity index is 412. The minimum absolute atomic E-state index is 0.325. The Hall–Kier alpha value is 0.700. The number of nitrogens with zero attached hydrogens (tertiary/aromatic N) is 2. The first kappa shape index (κ1) is 18.7. The SMILES string of the molecule is CC(I)(I)I.NC(=S)CN=Cc1ncccc1N. The molecule has 0 radical (unpaired) electrons. The summed E-state index contributed by atoms with van der Waals surface area (Å²) in [4.78, 5) is 8.34. The van der Waals surface area contributed by atoms with E-state index in [9.17, 15) is 0 Å². The molecule has 0 fully saturated rings. The van der Waals surface area contributed by atoms with Crippen molar-refractivity contribution in [2.45, 2.75) is 6.36 Å². The molecule has 18 heavy (non-hydrogen) atoms. The molecular formula is C10H13I3N4S. The lowest BCUT2D eigenvalue weighted by molar-refractivity contribution is 1.27. The first-order valence-electron chi connectivity index (χ1n) is 4.75. The molecule has 0 aliphatic carbocycles. The number of nitrogen functional groups attached to an aromatic ring is 1. The predicted molar refractivity (Wildman–Crippen MR) is 108 cm³/mol. The number of aromatic nitrogens is 1. The smallest absolute Gasteiger partial charge is 0.121 e. The molecular weight excluding hydrogens is 589 g/mol. The van der Waals surface area contributed by atoms with E-state index in [1.54, 1.807) is 24.5 Å². The van der Waals surface area contributed by atoms with E-state index >= 15 is 0 Å². The molecule has 0 aliphatic heterocycles. The highest BCUT2D eigenvalue weighted by atomic mass is 127. The first-order chi connectivity index (χ1) is 8.20. The molecule has 0 bridgehead atoms. The maximum atomic E-state index is 5.62. The Balaban J connectivity index is 0.000000494. The third-order valence-electron chi connectivity index (χ3n) is 1.33. The van der Waals surface area contributed by atoms with Gasteiger partial charge in [-0.2, -0.15) is 0 Å². The standard InChI is InChI=1S/C8H10N4S.C2H3I3/c9-6-2-1-3-12-7(6)4-11-5-8(10)13;1-2(3,4)5/h1-4H,5,9H2,(H2,10,13);1H3. The monoisotopic (exact) mass is 602 g/mol. The number of rotatable bonds is 3. The average molecular weight is 602 g/mol. The van der Waals surface area contributed by atoms with Crippen molar-refractivity contribution in [3.05, 3.63) is 24.0 Å². The van der Waals surface area contributed by atoms with E-state index in [2.05, 4.69) is 96.9 Å². The first-order valence-corrected chi connectivity index (χ1v) is 8.40. The summed E-state index contributed by atoms with van der Waals surface area (Å²) in [6, 6.07) is 3.52. The topological polar surface area (TPSA) is 77.3 Å². The fourth-order valence-electron chi connectivity index (χ4n) is 0.760. The van der Waals surface area contributed by atoms with Crippen LogP contribution in [0.1, 0.15) is 12.6 Å². The summed E-state index contributed by atoms with van der Waals surface area (Å²) in [5.74, 6) is 0. The summed E-state index contributed by atoms with van der Waals surface area (Å²) in [6.45, 7) is 2.47. The van der Waals surface area contributed by atoms with Gasteiger partial charge < -0.3 is 11.5 Å². The van der Waals surface area contributed by atoms with Gasteiger partial charge in [0.15, 0.2) is 0 Å². The van der Waals surface area contributed by atoms with E-state index in [1.165, 1.54) is 0 Å². The van der Waals surface area contributed by atoms with Crippen molar-refractivity contribution in [3.8, 4) is 0 Å². The molecule has 0 spiro atoms. The molecule has 0 saturated carbocycles. The molecule has 100 valence electrons. The lowest BCUT2D eigenvalue weighted by Gasteiger charge is -1.96. The van der Waals surface area contributed by atoms with Crippen molar-refractivity contribution >= 4 is 96.9 Å². The molecule has 1 rings (SSSR count). The number of thiocarbonyl (C=S) groups is 1. The summed E-state index contributed by atoms with van der Waals surface area (Å²) < 4.78 is 0.410. The van der Waals surface area contributed by atoms with Gasteiger partial charge in [0, 0.05) is 12.4 Å². The lowest BCUT2D eigenvalue weighted by atomic mass is 10.3. The van der Waals surface area contributed by atoms with Crippen molar-refractivity contribution < 1.29 is 0 Å². The van der Waals surface area contributed by atoms with Crippen LogP contribution in [0.2, 0.25) is 0 Å². The molecule has 0 aromatic carbocycles. The van der Waals surface area contributed by atoms with Gasteiger partial charge in [-0.05, 0) is 19.1 Å².